The minimum absolute atomic E-state index is 0. The predicted octanol–water partition coefficient (Wildman–Crippen LogP) is 0.809. The van der Waals surface area contributed by atoms with Crippen molar-refractivity contribution in [3.8, 4) is 22.7 Å². The summed E-state index contributed by atoms with van der Waals surface area (Å²) < 4.78 is 67.5. The molecule has 0 saturated heterocycles. The van der Waals surface area contributed by atoms with Crippen molar-refractivity contribution in [2.24, 2.45) is 0 Å². The third kappa shape index (κ3) is 4.80. The molecule has 1 unspecified atom stereocenters. The molecule has 0 spiro atoms. The van der Waals surface area contributed by atoms with E-state index < -0.39 is 23.0 Å². The first-order valence-electron chi connectivity index (χ1n) is 7.31. The Labute approximate surface area is 177 Å². The van der Waals surface area contributed by atoms with Crippen molar-refractivity contribution in [1.82, 2.24) is 9.78 Å². The summed E-state index contributed by atoms with van der Waals surface area (Å²) in [4.78, 5) is 0.0420. The van der Waals surface area contributed by atoms with Gasteiger partial charge in [0.2, 0.25) is 0 Å². The fraction of sp³-hybridized carbons (Fsp3) is 0.118. The number of benzene rings is 2. The number of ether oxygens (including phenoxy) is 1. The second kappa shape index (κ2) is 8.57. The fourth-order valence-electron chi connectivity index (χ4n) is 2.38. The predicted molar refractivity (Wildman–Crippen MR) is 87.7 cm³/mol. The van der Waals surface area contributed by atoms with Gasteiger partial charge in [-0.3, -0.25) is 4.21 Å². The third-order valence-corrected chi connectivity index (χ3v) is 4.32. The molecular weight excluding hydrogens is 392 g/mol. The zero-order chi connectivity index (χ0) is 18.9. The van der Waals surface area contributed by atoms with Crippen LogP contribution in [0.4, 0.5) is 13.2 Å². The van der Waals surface area contributed by atoms with Gasteiger partial charge in [-0.25, -0.2) is 4.68 Å². The summed E-state index contributed by atoms with van der Waals surface area (Å²) in [6.07, 6.45) is -4.61. The Kier molecular flexibility index (Phi) is 6.87. The van der Waals surface area contributed by atoms with Gasteiger partial charge in [0, 0.05) is 10.5 Å². The van der Waals surface area contributed by atoms with Crippen LogP contribution in [0.15, 0.2) is 59.5 Å². The topological polar surface area (TPSA) is 67.2 Å². The van der Waals surface area contributed by atoms with Crippen molar-refractivity contribution in [3.05, 3.63) is 60.3 Å². The van der Waals surface area contributed by atoms with Crippen molar-refractivity contribution < 1.29 is 56.2 Å². The zero-order valence-electron chi connectivity index (χ0n) is 14.4. The molecule has 0 fully saturated rings. The second-order valence-electron chi connectivity index (χ2n) is 5.28. The van der Waals surface area contributed by atoms with Crippen LogP contribution in [0.2, 0.25) is 0 Å². The van der Waals surface area contributed by atoms with Crippen LogP contribution in [0.25, 0.3) is 16.9 Å². The monoisotopic (exact) mass is 404 g/mol. The molecule has 0 bridgehead atoms. The second-order valence-corrected chi connectivity index (χ2v) is 6.22. The van der Waals surface area contributed by atoms with Gasteiger partial charge in [-0.15, -0.1) is 0 Å². The summed E-state index contributed by atoms with van der Waals surface area (Å²) in [5.74, 6) is 0.556. The molecule has 5 nitrogen and oxygen atoms in total. The Morgan fingerprint density at radius 2 is 1.67 bits per heavy atom. The van der Waals surface area contributed by atoms with E-state index in [9.17, 15) is 21.9 Å². The molecule has 0 aliphatic heterocycles. The molecule has 0 aliphatic rings. The van der Waals surface area contributed by atoms with E-state index in [-0.39, 0.29) is 40.1 Å². The maximum atomic E-state index is 13.1. The quantitative estimate of drug-likeness (QED) is 0.477. The van der Waals surface area contributed by atoms with Crippen LogP contribution < -0.4 is 34.3 Å². The van der Waals surface area contributed by atoms with Crippen molar-refractivity contribution in [3.63, 3.8) is 0 Å². The zero-order valence-corrected chi connectivity index (χ0v) is 17.2. The molecule has 136 valence electrons. The minimum atomic E-state index is -4.61. The fourth-order valence-corrected chi connectivity index (χ4v) is 2.74. The number of rotatable bonds is 4. The first-order valence-corrected chi connectivity index (χ1v) is 8.38. The number of methoxy groups -OCH3 is 1. The molecule has 27 heavy (non-hydrogen) atoms. The largest absolute Gasteiger partial charge is 1.00 e. The summed E-state index contributed by atoms with van der Waals surface area (Å²) in [5.41, 5.74) is -0.0451. The number of hydrogen-bond donors (Lipinski definition) is 0. The van der Waals surface area contributed by atoms with Crippen LogP contribution >= 0.6 is 0 Å². The molecule has 2 aromatic carbocycles. The van der Waals surface area contributed by atoms with Crippen molar-refractivity contribution in [2.75, 3.05) is 7.11 Å². The molecule has 0 aliphatic carbocycles. The number of hydrogen-bond acceptors (Lipinski definition) is 4. The normalized spacial score (nSPS) is 12.3. The average Bonchev–Trinajstić information content (AvgIpc) is 3.07. The van der Waals surface area contributed by atoms with Gasteiger partial charge in [0.15, 0.2) is 5.69 Å². The van der Waals surface area contributed by atoms with Gasteiger partial charge < -0.3 is 9.29 Å². The summed E-state index contributed by atoms with van der Waals surface area (Å²) in [6, 6.07) is 12.8. The molecule has 0 N–H and O–H groups in total. The van der Waals surface area contributed by atoms with Crippen LogP contribution in [-0.2, 0) is 17.3 Å². The molecule has 3 aromatic rings. The van der Waals surface area contributed by atoms with Gasteiger partial charge in [-0.05, 0) is 53.5 Å². The Balaban J connectivity index is 0.00000261. The van der Waals surface area contributed by atoms with E-state index >= 15 is 0 Å². The van der Waals surface area contributed by atoms with Crippen LogP contribution in [0.5, 0.6) is 5.75 Å². The van der Waals surface area contributed by atoms with E-state index in [0.29, 0.717) is 17.0 Å². The molecular formula is C17H12F3N2NaO3S. The SMILES string of the molecule is COc1ccc(-n2nc(C(F)(F)F)cc2-c2ccc(S(=O)[O-])cc2)cc1.[Na+]. The molecule has 1 heterocycles. The van der Waals surface area contributed by atoms with Gasteiger partial charge in [-0.2, -0.15) is 18.3 Å². The number of aromatic nitrogens is 2. The standard InChI is InChI=1S/C17H13F3N2O3S.Na/c1-25-13-6-4-12(5-7-13)22-15(10-16(21-22)17(18,19)20)11-2-8-14(9-3-11)26(23)24;/h2-10H,1H3,(H,23,24);/q;+1/p-1. The average molecular weight is 404 g/mol. The van der Waals surface area contributed by atoms with Crippen LogP contribution in [0.3, 0.4) is 0 Å². The number of halogens is 3. The first-order chi connectivity index (χ1) is 12.3. The smallest absolute Gasteiger partial charge is 0.768 e. The third-order valence-electron chi connectivity index (χ3n) is 3.66. The van der Waals surface area contributed by atoms with Gasteiger partial charge in [0.25, 0.3) is 0 Å². The van der Waals surface area contributed by atoms with Crippen LogP contribution in [-0.4, -0.2) is 25.7 Å². The summed E-state index contributed by atoms with van der Waals surface area (Å²) in [5, 5.41) is 3.67. The van der Waals surface area contributed by atoms with Crippen molar-refractivity contribution >= 4 is 11.1 Å². The molecule has 0 amide bonds. The van der Waals surface area contributed by atoms with E-state index in [1.165, 1.54) is 31.4 Å². The van der Waals surface area contributed by atoms with Crippen molar-refractivity contribution in [1.29, 1.82) is 0 Å². The van der Waals surface area contributed by atoms with E-state index in [4.69, 9.17) is 4.74 Å². The van der Waals surface area contributed by atoms with Gasteiger partial charge in [-0.1, -0.05) is 12.1 Å². The molecule has 1 atom stereocenters. The molecule has 10 heteroatoms. The van der Waals surface area contributed by atoms with Crippen LogP contribution in [0.1, 0.15) is 5.69 Å². The van der Waals surface area contributed by atoms with Crippen molar-refractivity contribution in [2.45, 2.75) is 11.1 Å². The van der Waals surface area contributed by atoms with E-state index in [0.717, 1.165) is 10.7 Å². The molecule has 3 rings (SSSR count). The maximum Gasteiger partial charge on any atom is 1.00 e. The first kappa shape index (κ1) is 21.6. The Morgan fingerprint density at radius 1 is 1.07 bits per heavy atom. The summed E-state index contributed by atoms with van der Waals surface area (Å²) in [6.45, 7) is 0. The molecule has 1 aromatic heterocycles. The van der Waals surface area contributed by atoms with Gasteiger partial charge in [0.05, 0.1) is 18.5 Å². The molecule has 0 radical (unpaired) electrons. The van der Waals surface area contributed by atoms with E-state index in [1.54, 1.807) is 24.3 Å². The summed E-state index contributed by atoms with van der Waals surface area (Å²) >= 11 is -2.41. The maximum absolute atomic E-state index is 13.1. The Morgan fingerprint density at radius 3 is 2.15 bits per heavy atom. The Bertz CT molecular complexity index is 942. The summed E-state index contributed by atoms with van der Waals surface area (Å²) in [7, 11) is 1.48. The van der Waals surface area contributed by atoms with E-state index in [2.05, 4.69) is 5.10 Å². The number of alkyl halides is 3. The van der Waals surface area contributed by atoms with Crippen LogP contribution in [0, 0.1) is 0 Å². The van der Waals surface area contributed by atoms with Gasteiger partial charge in [0.1, 0.15) is 5.75 Å². The Hall–Kier alpha value is -1.65. The number of nitrogens with zero attached hydrogens (tertiary/aromatic N) is 2. The van der Waals surface area contributed by atoms with E-state index in [1.807, 2.05) is 0 Å². The molecule has 0 saturated carbocycles. The minimum Gasteiger partial charge on any atom is -0.768 e. The van der Waals surface area contributed by atoms with Gasteiger partial charge >= 0.3 is 35.7 Å².